The predicted molar refractivity (Wildman–Crippen MR) is 61.5 cm³/mol. The van der Waals surface area contributed by atoms with Gasteiger partial charge in [0.2, 0.25) is 0 Å². The van der Waals surface area contributed by atoms with Crippen molar-refractivity contribution >= 4 is 0 Å². The molecular formula is C12H20N2O. The van der Waals surface area contributed by atoms with Crippen molar-refractivity contribution in [2.24, 2.45) is 0 Å². The third-order valence-electron chi connectivity index (χ3n) is 2.00. The summed E-state index contributed by atoms with van der Waals surface area (Å²) in [6.45, 7) is 7.88. The van der Waals surface area contributed by atoms with Gasteiger partial charge in [0.05, 0.1) is 12.3 Å². The van der Waals surface area contributed by atoms with Crippen LogP contribution >= 0.6 is 0 Å². The van der Waals surface area contributed by atoms with E-state index in [1.165, 1.54) is 5.56 Å². The second kappa shape index (κ2) is 5.24. The molecule has 0 aromatic carbocycles. The largest absolute Gasteiger partial charge is 0.378 e. The second-order valence-electron chi connectivity index (χ2n) is 4.69. The van der Waals surface area contributed by atoms with Crippen molar-refractivity contribution in [2.75, 3.05) is 7.11 Å². The molecule has 0 saturated heterocycles. The van der Waals surface area contributed by atoms with Crippen LogP contribution in [0.3, 0.4) is 0 Å². The molecule has 0 bridgehead atoms. The zero-order chi connectivity index (χ0) is 11.3. The highest BCUT2D eigenvalue weighted by Gasteiger charge is 2.08. The standard InChI is InChI=1S/C12H20N2O/c1-12(2,3)14-8-10-5-6-11(9-15-4)13-7-10/h5-7,14H,8-9H2,1-4H3. The first-order chi connectivity index (χ1) is 7.01. The van der Waals surface area contributed by atoms with Crippen LogP contribution in [-0.4, -0.2) is 17.6 Å². The van der Waals surface area contributed by atoms with Gasteiger partial charge in [0.1, 0.15) is 0 Å². The van der Waals surface area contributed by atoms with Crippen LogP contribution in [0, 0.1) is 0 Å². The van der Waals surface area contributed by atoms with Crippen LogP contribution in [-0.2, 0) is 17.9 Å². The Morgan fingerprint density at radius 3 is 2.53 bits per heavy atom. The number of nitrogens with one attached hydrogen (secondary N) is 1. The Labute approximate surface area is 91.9 Å². The molecule has 0 amide bonds. The maximum Gasteiger partial charge on any atom is 0.0884 e. The van der Waals surface area contributed by atoms with Gasteiger partial charge in [0.15, 0.2) is 0 Å². The first-order valence-electron chi connectivity index (χ1n) is 5.19. The first kappa shape index (κ1) is 12.1. The Morgan fingerprint density at radius 2 is 2.07 bits per heavy atom. The summed E-state index contributed by atoms with van der Waals surface area (Å²) in [4.78, 5) is 4.30. The fourth-order valence-corrected chi connectivity index (χ4v) is 1.16. The topological polar surface area (TPSA) is 34.1 Å². The SMILES string of the molecule is COCc1ccc(CNC(C)(C)C)cn1. The summed E-state index contributed by atoms with van der Waals surface area (Å²) in [5, 5.41) is 3.42. The van der Waals surface area contributed by atoms with E-state index < -0.39 is 0 Å². The van der Waals surface area contributed by atoms with Crippen molar-refractivity contribution in [3.8, 4) is 0 Å². The third kappa shape index (κ3) is 4.91. The van der Waals surface area contributed by atoms with E-state index in [-0.39, 0.29) is 5.54 Å². The average Bonchev–Trinajstić information content (AvgIpc) is 2.16. The minimum atomic E-state index is 0.144. The zero-order valence-electron chi connectivity index (χ0n) is 10.0. The lowest BCUT2D eigenvalue weighted by Gasteiger charge is -2.20. The van der Waals surface area contributed by atoms with Crippen LogP contribution in [0.15, 0.2) is 18.3 Å². The number of hydrogen-bond donors (Lipinski definition) is 1. The highest BCUT2D eigenvalue weighted by Crippen LogP contribution is 2.04. The van der Waals surface area contributed by atoms with Gasteiger partial charge in [0, 0.05) is 25.4 Å². The normalized spacial score (nSPS) is 11.7. The Balaban J connectivity index is 2.50. The molecule has 84 valence electrons. The van der Waals surface area contributed by atoms with Gasteiger partial charge in [-0.3, -0.25) is 4.98 Å². The van der Waals surface area contributed by atoms with Crippen molar-refractivity contribution in [2.45, 2.75) is 39.5 Å². The molecule has 0 radical (unpaired) electrons. The van der Waals surface area contributed by atoms with E-state index in [2.05, 4.69) is 37.1 Å². The number of rotatable bonds is 4. The third-order valence-corrected chi connectivity index (χ3v) is 2.00. The molecule has 15 heavy (non-hydrogen) atoms. The summed E-state index contributed by atoms with van der Waals surface area (Å²) in [6, 6.07) is 4.09. The number of ether oxygens (including phenoxy) is 1. The molecule has 0 fully saturated rings. The van der Waals surface area contributed by atoms with Crippen LogP contribution in [0.4, 0.5) is 0 Å². The molecule has 3 heteroatoms. The number of nitrogens with zero attached hydrogens (tertiary/aromatic N) is 1. The molecule has 1 aromatic heterocycles. The molecule has 0 spiro atoms. The zero-order valence-corrected chi connectivity index (χ0v) is 10.0. The van der Waals surface area contributed by atoms with E-state index in [1.54, 1.807) is 7.11 Å². The van der Waals surface area contributed by atoms with Gasteiger partial charge >= 0.3 is 0 Å². The summed E-state index contributed by atoms with van der Waals surface area (Å²) >= 11 is 0. The van der Waals surface area contributed by atoms with Crippen molar-refractivity contribution < 1.29 is 4.74 Å². The minimum absolute atomic E-state index is 0.144. The van der Waals surface area contributed by atoms with Gasteiger partial charge in [-0.25, -0.2) is 0 Å². The summed E-state index contributed by atoms with van der Waals surface area (Å²) in [6.07, 6.45) is 1.90. The molecule has 0 aliphatic rings. The molecule has 0 aliphatic heterocycles. The number of aromatic nitrogens is 1. The van der Waals surface area contributed by atoms with Gasteiger partial charge < -0.3 is 10.1 Å². The van der Waals surface area contributed by atoms with Gasteiger partial charge in [0.25, 0.3) is 0 Å². The highest BCUT2D eigenvalue weighted by molar-refractivity contribution is 5.13. The molecule has 1 rings (SSSR count). The fraction of sp³-hybridized carbons (Fsp3) is 0.583. The van der Waals surface area contributed by atoms with E-state index >= 15 is 0 Å². The van der Waals surface area contributed by atoms with Crippen LogP contribution in [0.25, 0.3) is 0 Å². The Morgan fingerprint density at radius 1 is 1.33 bits per heavy atom. The molecule has 0 atom stereocenters. The van der Waals surface area contributed by atoms with Crippen molar-refractivity contribution in [3.05, 3.63) is 29.6 Å². The van der Waals surface area contributed by atoms with Gasteiger partial charge in [-0.2, -0.15) is 0 Å². The molecule has 1 N–H and O–H groups in total. The number of hydrogen-bond acceptors (Lipinski definition) is 3. The van der Waals surface area contributed by atoms with E-state index in [4.69, 9.17) is 4.74 Å². The van der Waals surface area contributed by atoms with Crippen LogP contribution in [0.1, 0.15) is 32.0 Å². The summed E-state index contributed by atoms with van der Waals surface area (Å²) in [5.74, 6) is 0. The summed E-state index contributed by atoms with van der Waals surface area (Å²) in [7, 11) is 1.68. The van der Waals surface area contributed by atoms with Crippen molar-refractivity contribution in [1.82, 2.24) is 10.3 Å². The van der Waals surface area contributed by atoms with Crippen LogP contribution in [0.5, 0.6) is 0 Å². The lowest BCUT2D eigenvalue weighted by molar-refractivity contribution is 0.181. The quantitative estimate of drug-likeness (QED) is 0.823. The highest BCUT2D eigenvalue weighted by atomic mass is 16.5. The van der Waals surface area contributed by atoms with Gasteiger partial charge in [-0.1, -0.05) is 6.07 Å². The predicted octanol–water partition coefficient (Wildman–Crippen LogP) is 2.12. The van der Waals surface area contributed by atoms with Gasteiger partial charge in [-0.05, 0) is 32.4 Å². The van der Waals surface area contributed by atoms with Crippen LogP contribution < -0.4 is 5.32 Å². The van der Waals surface area contributed by atoms with Crippen LogP contribution in [0.2, 0.25) is 0 Å². The molecule has 0 aliphatic carbocycles. The molecule has 1 aromatic rings. The maximum atomic E-state index is 5.00. The van der Waals surface area contributed by atoms with E-state index in [0.29, 0.717) is 6.61 Å². The Hall–Kier alpha value is -0.930. The number of pyridine rings is 1. The molecule has 1 heterocycles. The van der Waals surface area contributed by atoms with E-state index in [9.17, 15) is 0 Å². The fourth-order valence-electron chi connectivity index (χ4n) is 1.16. The lowest BCUT2D eigenvalue weighted by atomic mass is 10.1. The van der Waals surface area contributed by atoms with Crippen molar-refractivity contribution in [1.29, 1.82) is 0 Å². The van der Waals surface area contributed by atoms with E-state index in [0.717, 1.165) is 12.2 Å². The smallest absolute Gasteiger partial charge is 0.0884 e. The molecule has 3 nitrogen and oxygen atoms in total. The molecule has 0 saturated carbocycles. The summed E-state index contributed by atoms with van der Waals surface area (Å²) in [5.41, 5.74) is 2.31. The van der Waals surface area contributed by atoms with Gasteiger partial charge in [-0.15, -0.1) is 0 Å². The molecular weight excluding hydrogens is 188 g/mol. The Bertz CT molecular complexity index is 287. The maximum absolute atomic E-state index is 5.00. The summed E-state index contributed by atoms with van der Waals surface area (Å²) < 4.78 is 5.00. The second-order valence-corrected chi connectivity index (χ2v) is 4.69. The first-order valence-corrected chi connectivity index (χ1v) is 5.19. The number of methoxy groups -OCH3 is 1. The molecule has 0 unspecified atom stereocenters. The van der Waals surface area contributed by atoms with Crippen molar-refractivity contribution in [3.63, 3.8) is 0 Å². The minimum Gasteiger partial charge on any atom is -0.378 e. The van der Waals surface area contributed by atoms with E-state index in [1.807, 2.05) is 12.3 Å². The average molecular weight is 208 g/mol. The lowest BCUT2D eigenvalue weighted by Crippen LogP contribution is -2.35. The Kier molecular flexibility index (Phi) is 4.24. The monoisotopic (exact) mass is 208 g/mol.